The fourth-order valence-electron chi connectivity index (χ4n) is 8.03. The van der Waals surface area contributed by atoms with E-state index in [9.17, 15) is 19.2 Å². The first kappa shape index (κ1) is 47.0. The number of fused-ring (bicyclic) bond motifs is 2. The Morgan fingerprint density at radius 1 is 0.773 bits per heavy atom. The van der Waals surface area contributed by atoms with Gasteiger partial charge in [0, 0.05) is 38.3 Å². The van der Waals surface area contributed by atoms with Gasteiger partial charge in [-0.05, 0) is 50.8 Å². The second-order valence-corrected chi connectivity index (χ2v) is 20.7. The molecule has 348 valence electrons. The molecule has 0 saturated carbocycles. The van der Waals surface area contributed by atoms with Crippen molar-refractivity contribution in [1.29, 1.82) is 0 Å². The van der Waals surface area contributed by atoms with Crippen LogP contribution in [0.4, 0.5) is 34.9 Å². The summed E-state index contributed by atoms with van der Waals surface area (Å²) in [4.78, 5) is 75.8. The van der Waals surface area contributed by atoms with Crippen LogP contribution < -0.4 is 62.2 Å². The number of nitrogens with zero attached hydrogens (tertiary/aromatic N) is 8. The van der Waals surface area contributed by atoms with Crippen molar-refractivity contribution in [3.8, 4) is 11.5 Å². The summed E-state index contributed by atoms with van der Waals surface area (Å²) >= 11 is 13.7. The molecule has 0 spiro atoms. The van der Waals surface area contributed by atoms with Crippen molar-refractivity contribution >= 4 is 91.5 Å². The minimum atomic E-state index is -1.04. The summed E-state index contributed by atoms with van der Waals surface area (Å²) in [5.41, 5.74) is 2.15. The van der Waals surface area contributed by atoms with E-state index < -0.39 is 17.8 Å². The van der Waals surface area contributed by atoms with Crippen molar-refractivity contribution in [2.45, 2.75) is 65.6 Å². The zero-order valence-electron chi connectivity index (χ0n) is 37.7. The SMILES string of the molecule is CCC1CCN(c2ncc(Cl)c(Nc3ccc4c(c3)cc(OC(C)C(=O)Cc3nc(N5CC[I-]CC5)nc(Nc5ccc6c(c5)cc(OC(C)C(C)=O)c(=O)n6C)c3Cl)c(=O)n4C)n2)CC1. The van der Waals surface area contributed by atoms with Crippen LogP contribution in [0, 0.1) is 5.92 Å². The molecule has 6 heterocycles. The first-order valence-electron chi connectivity index (χ1n) is 22.0. The van der Waals surface area contributed by atoms with Gasteiger partial charge in [0.25, 0.3) is 5.56 Å². The number of hydrogen-bond donors (Lipinski definition) is 2. The van der Waals surface area contributed by atoms with Crippen LogP contribution in [0.5, 0.6) is 11.5 Å². The molecule has 2 N–H and O–H groups in total. The third-order valence-electron chi connectivity index (χ3n) is 12.3. The number of benzene rings is 2. The van der Waals surface area contributed by atoms with Crippen LogP contribution in [0.2, 0.25) is 10.0 Å². The molecule has 66 heavy (non-hydrogen) atoms. The number of alkyl halides is 2. The number of pyridine rings is 2. The van der Waals surface area contributed by atoms with Gasteiger partial charge >= 0.3 is 201 Å². The van der Waals surface area contributed by atoms with E-state index in [2.05, 4.69) is 32.3 Å². The van der Waals surface area contributed by atoms with E-state index in [0.717, 1.165) is 47.9 Å². The van der Waals surface area contributed by atoms with E-state index in [4.69, 9.17) is 47.6 Å². The fraction of sp³-hybridized carbons (Fsp3) is 0.404. The van der Waals surface area contributed by atoms with Crippen LogP contribution in [0.3, 0.4) is 0 Å². The molecule has 19 heteroatoms. The van der Waals surface area contributed by atoms with Crippen LogP contribution in [-0.2, 0) is 30.1 Å². The Morgan fingerprint density at radius 3 is 1.89 bits per heavy atom. The number of aryl methyl sites for hydroxylation is 2. The Balaban J connectivity index is 1.03. The zero-order chi connectivity index (χ0) is 46.8. The zero-order valence-corrected chi connectivity index (χ0v) is 41.3. The maximum absolute atomic E-state index is 14.0. The first-order chi connectivity index (χ1) is 31.7. The molecule has 0 amide bonds. The van der Waals surface area contributed by atoms with Gasteiger partial charge in [-0.3, -0.25) is 14.4 Å². The number of halogens is 3. The minimum Gasteiger partial charge on any atom is -0.308 e. The average Bonchev–Trinajstić information content (AvgIpc) is 3.31. The Hall–Kier alpha value is -5.53. The van der Waals surface area contributed by atoms with Gasteiger partial charge in [-0.15, -0.1) is 0 Å². The molecular weight excluding hydrogens is 998 g/mol. The molecular formula is C47H52Cl2IN10O6-. The molecule has 0 aliphatic carbocycles. The van der Waals surface area contributed by atoms with Crippen molar-refractivity contribution < 1.29 is 40.3 Å². The standard InChI is InChI=1S/C47H52Cl2IN10O6/c1-7-29-12-16-59(17-13-29)46-51-25-34(48)42(55-46)52-32-8-10-36-30(20-32)23-40(45(64)58(36)6)66-28(4)38(62)24-35-41(49)43(56-47(54-35)60-18-14-50-15-19-60)53-33-9-11-37-31(21-33)22-39(44(63)57(37)5)65-27(3)26(2)61/h8-11,20-23,25,27-29H,7,12-19,24H2,1-6H3,(H,51,52,55)(H,53,54,56)/q-1. The summed E-state index contributed by atoms with van der Waals surface area (Å²) in [6, 6.07) is 14.2. The Morgan fingerprint density at radius 2 is 1.32 bits per heavy atom. The van der Waals surface area contributed by atoms with Crippen LogP contribution in [0.1, 0.15) is 52.7 Å². The smallest absolute Gasteiger partial charge is 0.308 e. The molecule has 6 aromatic rings. The number of aromatic nitrogens is 6. The predicted molar refractivity (Wildman–Crippen MR) is 256 cm³/mol. The number of carbonyl (C=O) groups is 2. The molecule has 0 bridgehead atoms. The van der Waals surface area contributed by atoms with Gasteiger partial charge in [-0.2, -0.15) is 4.98 Å². The molecule has 2 aromatic carbocycles. The van der Waals surface area contributed by atoms with E-state index in [0.29, 0.717) is 73.3 Å². The molecule has 16 nitrogen and oxygen atoms in total. The van der Waals surface area contributed by atoms with Crippen molar-refractivity contribution in [3.05, 3.63) is 91.2 Å². The normalized spacial score (nSPS) is 15.6. The van der Waals surface area contributed by atoms with E-state index in [1.54, 1.807) is 58.4 Å². The van der Waals surface area contributed by atoms with Crippen LogP contribution in [0.25, 0.3) is 21.8 Å². The van der Waals surface area contributed by atoms with Gasteiger partial charge in [0.05, 0.1) is 11.7 Å². The predicted octanol–water partition coefficient (Wildman–Crippen LogP) is 4.24. The van der Waals surface area contributed by atoms with E-state index >= 15 is 0 Å². The summed E-state index contributed by atoms with van der Waals surface area (Å²) in [5.74, 6) is 2.06. The third-order valence-corrected chi connectivity index (χ3v) is 15.4. The molecule has 2 atom stereocenters. The van der Waals surface area contributed by atoms with Gasteiger partial charge < -0.3 is 19.5 Å². The van der Waals surface area contributed by atoms with Gasteiger partial charge in [0.15, 0.2) is 17.7 Å². The molecule has 2 aliphatic rings. The van der Waals surface area contributed by atoms with E-state index in [-0.39, 0.29) is 61.3 Å². The van der Waals surface area contributed by atoms with Crippen molar-refractivity contribution in [1.82, 2.24) is 29.1 Å². The van der Waals surface area contributed by atoms with Crippen LogP contribution in [-0.4, -0.2) is 87.9 Å². The summed E-state index contributed by atoms with van der Waals surface area (Å²) in [7, 11) is 3.30. The number of nitrogens with one attached hydrogen (secondary N) is 2. The molecule has 2 aliphatic heterocycles. The van der Waals surface area contributed by atoms with Crippen molar-refractivity contribution in [3.63, 3.8) is 0 Å². The maximum atomic E-state index is 14.0. The van der Waals surface area contributed by atoms with E-state index in [1.807, 2.05) is 24.3 Å². The molecule has 2 fully saturated rings. The first-order valence-corrected chi connectivity index (χ1v) is 25.8. The van der Waals surface area contributed by atoms with Gasteiger partial charge in [-0.1, -0.05) is 24.9 Å². The monoisotopic (exact) mass is 1050 g/mol. The topological polar surface area (TPSA) is 179 Å². The van der Waals surface area contributed by atoms with E-state index in [1.165, 1.54) is 22.5 Å². The number of piperidine rings is 1. The second kappa shape index (κ2) is 20.1. The molecule has 4 aromatic heterocycles. The van der Waals surface area contributed by atoms with Crippen molar-refractivity contribution in [2.75, 3.05) is 55.5 Å². The Bertz CT molecular complexity index is 2950. The van der Waals surface area contributed by atoms with Gasteiger partial charge in [0.2, 0.25) is 5.95 Å². The number of anilines is 6. The summed E-state index contributed by atoms with van der Waals surface area (Å²) in [5, 5.41) is 8.55. The second-order valence-electron chi connectivity index (χ2n) is 16.7. The summed E-state index contributed by atoms with van der Waals surface area (Å²) < 4.78 is 17.0. The quantitative estimate of drug-likeness (QED) is 0.110. The van der Waals surface area contributed by atoms with Gasteiger partial charge in [-0.25, -0.2) is 4.98 Å². The Kier molecular flexibility index (Phi) is 14.3. The number of rotatable bonds is 15. The summed E-state index contributed by atoms with van der Waals surface area (Å²) in [6.45, 7) is 10.2. The number of ether oxygens (including phenoxy) is 2. The third kappa shape index (κ3) is 10.2. The van der Waals surface area contributed by atoms with Crippen molar-refractivity contribution in [2.24, 2.45) is 20.0 Å². The average molecular weight is 1050 g/mol. The van der Waals surface area contributed by atoms with Crippen LogP contribution >= 0.6 is 23.2 Å². The molecule has 2 unspecified atom stereocenters. The summed E-state index contributed by atoms with van der Waals surface area (Å²) in [6.07, 6.45) is 2.94. The number of hydrogen-bond acceptors (Lipinski definition) is 14. The number of ketones is 2. The molecule has 8 rings (SSSR count). The number of carbonyl (C=O) groups excluding carboxylic acids is 2. The molecule has 0 radical (unpaired) electrons. The Labute approximate surface area is 402 Å². The fourth-order valence-corrected chi connectivity index (χ4v) is 10.8. The van der Waals surface area contributed by atoms with Gasteiger partial charge in [0.1, 0.15) is 5.02 Å². The number of Topliss-reactive ketones (excluding diaryl/α,β-unsaturated/α-hetero) is 2. The molecule has 2 saturated heterocycles. The van der Waals surface area contributed by atoms with Crippen LogP contribution in [0.15, 0.2) is 64.3 Å². The minimum absolute atomic E-state index is 0.00685.